The zero-order valence-corrected chi connectivity index (χ0v) is 13.5. The molecule has 0 aliphatic heterocycles. The smallest absolute Gasteiger partial charge is 0.0120 e. The van der Waals surface area contributed by atoms with Crippen molar-refractivity contribution in [3.63, 3.8) is 0 Å². The summed E-state index contributed by atoms with van der Waals surface area (Å²) in [4.78, 5) is 0. The zero-order chi connectivity index (χ0) is 12.8. The van der Waals surface area contributed by atoms with E-state index >= 15 is 0 Å². The first-order chi connectivity index (χ1) is 8.27. The third-order valence-electron chi connectivity index (χ3n) is 3.23. The van der Waals surface area contributed by atoms with Crippen molar-refractivity contribution in [3.05, 3.63) is 10.6 Å². The van der Waals surface area contributed by atoms with Gasteiger partial charge in [0.2, 0.25) is 0 Å². The Morgan fingerprint density at radius 1 is 0.765 bits per heavy atom. The molecule has 0 aromatic carbocycles. The summed E-state index contributed by atoms with van der Waals surface area (Å²) in [5.41, 5.74) is 0. The number of rotatable bonds is 12. The summed E-state index contributed by atoms with van der Waals surface area (Å²) in [7, 11) is 0. The molecule has 0 amide bonds. The van der Waals surface area contributed by atoms with Crippen LogP contribution in [0.15, 0.2) is 10.6 Å². The molecule has 0 saturated carbocycles. The quantitative estimate of drug-likeness (QED) is 0.341. The van der Waals surface area contributed by atoms with Gasteiger partial charge in [-0.2, -0.15) is 0 Å². The second-order valence-corrected chi connectivity index (χ2v) is 6.37. The first-order valence-corrected chi connectivity index (χ1v) is 8.39. The van der Waals surface area contributed by atoms with Crippen LogP contribution in [0, 0.1) is 0 Å². The maximum atomic E-state index is 3.46. The zero-order valence-electron chi connectivity index (χ0n) is 11.9. The van der Waals surface area contributed by atoms with Crippen LogP contribution in [0.2, 0.25) is 0 Å². The van der Waals surface area contributed by atoms with Crippen molar-refractivity contribution in [2.75, 3.05) is 0 Å². The fourth-order valence-corrected chi connectivity index (χ4v) is 2.34. The SMILES string of the molecule is CCCCCCCCCCCCCC=C(C)Br. The van der Waals surface area contributed by atoms with E-state index in [1.54, 1.807) is 0 Å². The standard InChI is InChI=1S/C16H31Br/c1-3-4-5-6-7-8-9-10-11-12-13-14-15-16(2)17/h15H,3-14H2,1-2H3. The summed E-state index contributed by atoms with van der Waals surface area (Å²) in [6, 6.07) is 0. The van der Waals surface area contributed by atoms with Crippen LogP contribution in [0.1, 0.15) is 90.9 Å². The van der Waals surface area contributed by atoms with E-state index < -0.39 is 0 Å². The van der Waals surface area contributed by atoms with E-state index in [1.165, 1.54) is 81.5 Å². The predicted molar refractivity (Wildman–Crippen MR) is 83.8 cm³/mol. The van der Waals surface area contributed by atoms with Crippen molar-refractivity contribution >= 4 is 15.9 Å². The fraction of sp³-hybridized carbons (Fsp3) is 0.875. The van der Waals surface area contributed by atoms with E-state index in [1.807, 2.05) is 0 Å². The van der Waals surface area contributed by atoms with Crippen molar-refractivity contribution in [1.82, 2.24) is 0 Å². The minimum atomic E-state index is 1.24. The molecule has 0 rings (SSSR count). The molecule has 0 fully saturated rings. The Hall–Kier alpha value is 0.220. The number of hydrogen-bond acceptors (Lipinski definition) is 0. The van der Waals surface area contributed by atoms with Gasteiger partial charge < -0.3 is 0 Å². The lowest BCUT2D eigenvalue weighted by Crippen LogP contribution is -1.82. The topological polar surface area (TPSA) is 0 Å². The number of allylic oxidation sites excluding steroid dienone is 2. The van der Waals surface area contributed by atoms with Crippen LogP contribution in [0.5, 0.6) is 0 Å². The summed E-state index contributed by atoms with van der Waals surface area (Å²) >= 11 is 3.46. The third kappa shape index (κ3) is 16.2. The molecule has 0 aliphatic carbocycles. The van der Waals surface area contributed by atoms with Gasteiger partial charge in [-0.25, -0.2) is 0 Å². The second-order valence-electron chi connectivity index (χ2n) is 5.12. The summed E-state index contributed by atoms with van der Waals surface area (Å²) in [5, 5.41) is 0. The molecule has 0 spiro atoms. The lowest BCUT2D eigenvalue weighted by molar-refractivity contribution is 0.550. The molecule has 0 atom stereocenters. The second kappa shape index (κ2) is 14.3. The predicted octanol–water partition coefficient (Wildman–Crippen LogP) is 6.99. The van der Waals surface area contributed by atoms with Gasteiger partial charge in [-0.3, -0.25) is 0 Å². The molecule has 0 unspecified atom stereocenters. The van der Waals surface area contributed by atoms with E-state index in [4.69, 9.17) is 0 Å². The molecular weight excluding hydrogens is 272 g/mol. The van der Waals surface area contributed by atoms with Crippen LogP contribution >= 0.6 is 15.9 Å². The highest BCUT2D eigenvalue weighted by Crippen LogP contribution is 2.13. The van der Waals surface area contributed by atoms with Crippen molar-refractivity contribution in [2.45, 2.75) is 90.9 Å². The lowest BCUT2D eigenvalue weighted by atomic mass is 10.1. The molecule has 0 heterocycles. The van der Waals surface area contributed by atoms with E-state index in [0.717, 1.165) is 0 Å². The highest BCUT2D eigenvalue weighted by molar-refractivity contribution is 9.11. The van der Waals surface area contributed by atoms with E-state index in [2.05, 4.69) is 35.9 Å². The van der Waals surface area contributed by atoms with Crippen LogP contribution in [0.4, 0.5) is 0 Å². The van der Waals surface area contributed by atoms with Gasteiger partial charge in [-0.15, -0.1) is 0 Å². The van der Waals surface area contributed by atoms with Crippen molar-refractivity contribution in [2.24, 2.45) is 0 Å². The molecular formula is C16H31Br. The molecule has 0 aromatic rings. The average Bonchev–Trinajstić information content (AvgIpc) is 2.30. The summed E-state index contributed by atoms with van der Waals surface area (Å²) in [6.07, 6.45) is 19.3. The van der Waals surface area contributed by atoms with Gasteiger partial charge >= 0.3 is 0 Å². The molecule has 17 heavy (non-hydrogen) atoms. The maximum absolute atomic E-state index is 3.46. The Morgan fingerprint density at radius 3 is 1.59 bits per heavy atom. The Morgan fingerprint density at radius 2 is 1.18 bits per heavy atom. The van der Waals surface area contributed by atoms with E-state index in [-0.39, 0.29) is 0 Å². The summed E-state index contributed by atoms with van der Waals surface area (Å²) in [6.45, 7) is 4.39. The average molecular weight is 303 g/mol. The third-order valence-corrected chi connectivity index (χ3v) is 3.56. The van der Waals surface area contributed by atoms with Gasteiger partial charge in [-0.1, -0.05) is 93.1 Å². The van der Waals surface area contributed by atoms with Crippen LogP contribution < -0.4 is 0 Å². The fourth-order valence-electron chi connectivity index (χ4n) is 2.11. The molecule has 0 bridgehead atoms. The van der Waals surface area contributed by atoms with Gasteiger partial charge in [0, 0.05) is 0 Å². The Balaban J connectivity index is 2.96. The van der Waals surface area contributed by atoms with Gasteiger partial charge in [0.15, 0.2) is 0 Å². The largest absolute Gasteiger partial charge is 0.0747 e. The monoisotopic (exact) mass is 302 g/mol. The number of unbranched alkanes of at least 4 members (excludes halogenated alkanes) is 11. The maximum Gasteiger partial charge on any atom is -0.0120 e. The van der Waals surface area contributed by atoms with Crippen molar-refractivity contribution < 1.29 is 0 Å². The number of hydrogen-bond donors (Lipinski definition) is 0. The van der Waals surface area contributed by atoms with Gasteiger partial charge in [0.05, 0.1) is 0 Å². The first-order valence-electron chi connectivity index (χ1n) is 7.59. The first kappa shape index (κ1) is 17.2. The normalized spacial score (nSPS) is 12.1. The Kier molecular flexibility index (Phi) is 14.5. The Labute approximate surface area is 117 Å². The van der Waals surface area contributed by atoms with Gasteiger partial charge in [0.25, 0.3) is 0 Å². The van der Waals surface area contributed by atoms with Crippen LogP contribution in [-0.2, 0) is 0 Å². The molecule has 102 valence electrons. The molecule has 0 saturated heterocycles. The van der Waals surface area contributed by atoms with Crippen LogP contribution in [0.25, 0.3) is 0 Å². The minimum Gasteiger partial charge on any atom is -0.0747 e. The highest BCUT2D eigenvalue weighted by atomic mass is 79.9. The molecule has 0 nitrogen and oxygen atoms in total. The van der Waals surface area contributed by atoms with E-state index in [9.17, 15) is 0 Å². The summed E-state index contributed by atoms with van der Waals surface area (Å²) in [5.74, 6) is 0. The molecule has 0 N–H and O–H groups in total. The van der Waals surface area contributed by atoms with Crippen molar-refractivity contribution in [1.29, 1.82) is 0 Å². The molecule has 0 radical (unpaired) electrons. The molecule has 1 heteroatoms. The molecule has 0 aromatic heterocycles. The minimum absolute atomic E-state index is 1.24. The number of halogens is 1. The molecule has 0 aliphatic rings. The van der Waals surface area contributed by atoms with Crippen LogP contribution in [0.3, 0.4) is 0 Å². The highest BCUT2D eigenvalue weighted by Gasteiger charge is 1.92. The van der Waals surface area contributed by atoms with Crippen LogP contribution in [-0.4, -0.2) is 0 Å². The van der Waals surface area contributed by atoms with Gasteiger partial charge in [-0.05, 0) is 24.2 Å². The van der Waals surface area contributed by atoms with Gasteiger partial charge in [0.1, 0.15) is 0 Å². The lowest BCUT2D eigenvalue weighted by Gasteiger charge is -2.01. The van der Waals surface area contributed by atoms with E-state index in [0.29, 0.717) is 0 Å². The Bertz CT molecular complexity index is 168. The van der Waals surface area contributed by atoms with Crippen molar-refractivity contribution in [3.8, 4) is 0 Å². The summed E-state index contributed by atoms with van der Waals surface area (Å²) < 4.78 is 1.28.